The number of piperidine rings is 1. The van der Waals surface area contributed by atoms with Gasteiger partial charge in [-0.2, -0.15) is 0 Å². The summed E-state index contributed by atoms with van der Waals surface area (Å²) in [5.41, 5.74) is 0. The molecule has 2 aliphatic rings. The van der Waals surface area contributed by atoms with E-state index in [1.165, 1.54) is 32.4 Å². The topological polar surface area (TPSA) is 18.5 Å². The quantitative estimate of drug-likeness (QED) is 0.680. The van der Waals surface area contributed by atoms with Crippen LogP contribution in [0.5, 0.6) is 0 Å². The summed E-state index contributed by atoms with van der Waals surface area (Å²) in [5.74, 6) is 0. The minimum absolute atomic E-state index is 0.713. The maximum atomic E-state index is 3.57. The molecule has 1 atom stereocenters. The Morgan fingerprint density at radius 1 is 1.38 bits per heavy atom. The fraction of sp³-hybridized carbons (Fsp3) is 0.800. The molecular formula is C10H19N3. The molecule has 3 heteroatoms. The SMILES string of the molecule is CN1C=CN(CC2CCCCN2)C1. The van der Waals surface area contributed by atoms with Gasteiger partial charge < -0.3 is 15.1 Å². The molecule has 0 radical (unpaired) electrons. The Labute approximate surface area is 80.4 Å². The van der Waals surface area contributed by atoms with Crippen molar-refractivity contribution in [3.8, 4) is 0 Å². The monoisotopic (exact) mass is 181 g/mol. The summed E-state index contributed by atoms with van der Waals surface area (Å²) in [6, 6.07) is 0.713. The van der Waals surface area contributed by atoms with Crippen LogP contribution in [0.15, 0.2) is 12.4 Å². The normalized spacial score (nSPS) is 28.5. The van der Waals surface area contributed by atoms with Crippen LogP contribution in [-0.2, 0) is 0 Å². The molecule has 3 nitrogen and oxygen atoms in total. The third kappa shape index (κ3) is 2.37. The third-order valence-corrected chi connectivity index (χ3v) is 2.80. The molecule has 0 amide bonds. The van der Waals surface area contributed by atoms with E-state index in [0.29, 0.717) is 6.04 Å². The van der Waals surface area contributed by atoms with Gasteiger partial charge in [-0.25, -0.2) is 0 Å². The van der Waals surface area contributed by atoms with Crippen LogP contribution in [-0.4, -0.2) is 42.6 Å². The van der Waals surface area contributed by atoms with Crippen molar-refractivity contribution in [1.82, 2.24) is 15.1 Å². The summed E-state index contributed by atoms with van der Waals surface area (Å²) in [6.45, 7) is 3.43. The van der Waals surface area contributed by atoms with Gasteiger partial charge in [-0.1, -0.05) is 6.42 Å². The summed E-state index contributed by atoms with van der Waals surface area (Å²) >= 11 is 0. The second-order valence-corrected chi connectivity index (χ2v) is 4.11. The molecule has 2 aliphatic heterocycles. The maximum Gasteiger partial charge on any atom is 0.0891 e. The number of hydrogen-bond donors (Lipinski definition) is 1. The zero-order valence-corrected chi connectivity index (χ0v) is 8.37. The molecule has 0 aromatic rings. The van der Waals surface area contributed by atoms with Gasteiger partial charge in [0, 0.05) is 32.0 Å². The molecule has 1 fully saturated rings. The number of hydrogen-bond acceptors (Lipinski definition) is 3. The van der Waals surface area contributed by atoms with Crippen molar-refractivity contribution in [2.24, 2.45) is 0 Å². The highest BCUT2D eigenvalue weighted by Crippen LogP contribution is 2.11. The smallest absolute Gasteiger partial charge is 0.0891 e. The van der Waals surface area contributed by atoms with E-state index in [0.717, 1.165) is 6.67 Å². The molecule has 0 aliphatic carbocycles. The predicted molar refractivity (Wildman–Crippen MR) is 54.1 cm³/mol. The van der Waals surface area contributed by atoms with E-state index >= 15 is 0 Å². The molecule has 0 aromatic heterocycles. The number of nitrogens with zero attached hydrogens (tertiary/aromatic N) is 2. The van der Waals surface area contributed by atoms with Crippen LogP contribution in [0.4, 0.5) is 0 Å². The third-order valence-electron chi connectivity index (χ3n) is 2.80. The average molecular weight is 181 g/mol. The number of rotatable bonds is 2. The molecule has 2 rings (SSSR count). The average Bonchev–Trinajstić information content (AvgIpc) is 2.53. The van der Waals surface area contributed by atoms with Crippen molar-refractivity contribution in [3.63, 3.8) is 0 Å². The van der Waals surface area contributed by atoms with E-state index in [-0.39, 0.29) is 0 Å². The molecule has 0 aromatic carbocycles. The fourth-order valence-corrected chi connectivity index (χ4v) is 2.07. The van der Waals surface area contributed by atoms with Gasteiger partial charge in [0.2, 0.25) is 0 Å². The molecule has 2 heterocycles. The molecular weight excluding hydrogens is 162 g/mol. The van der Waals surface area contributed by atoms with E-state index in [2.05, 4.69) is 34.6 Å². The van der Waals surface area contributed by atoms with Crippen LogP contribution >= 0.6 is 0 Å². The summed E-state index contributed by atoms with van der Waals surface area (Å²) in [6.07, 6.45) is 8.42. The fourth-order valence-electron chi connectivity index (χ4n) is 2.07. The molecule has 0 spiro atoms. The van der Waals surface area contributed by atoms with Gasteiger partial charge in [-0.3, -0.25) is 0 Å². The van der Waals surface area contributed by atoms with Crippen LogP contribution in [0.25, 0.3) is 0 Å². The molecule has 13 heavy (non-hydrogen) atoms. The largest absolute Gasteiger partial charge is 0.362 e. The zero-order valence-electron chi connectivity index (χ0n) is 8.37. The Bertz CT molecular complexity index is 185. The van der Waals surface area contributed by atoms with Crippen LogP contribution in [0.2, 0.25) is 0 Å². The standard InChI is InChI=1S/C10H19N3/c1-12-6-7-13(9-12)8-10-4-2-3-5-11-10/h6-7,10-11H,2-5,8-9H2,1H3. The molecule has 1 saturated heterocycles. The zero-order chi connectivity index (χ0) is 9.10. The minimum Gasteiger partial charge on any atom is -0.362 e. The first-order valence-corrected chi connectivity index (χ1v) is 5.20. The maximum absolute atomic E-state index is 3.57. The van der Waals surface area contributed by atoms with Crippen molar-refractivity contribution in [2.75, 3.05) is 26.8 Å². The van der Waals surface area contributed by atoms with Crippen molar-refractivity contribution in [2.45, 2.75) is 25.3 Å². The summed E-state index contributed by atoms with van der Waals surface area (Å²) in [7, 11) is 2.12. The first-order valence-electron chi connectivity index (χ1n) is 5.20. The molecule has 1 unspecified atom stereocenters. The van der Waals surface area contributed by atoms with Crippen LogP contribution < -0.4 is 5.32 Å². The van der Waals surface area contributed by atoms with Gasteiger partial charge in [0.25, 0.3) is 0 Å². The van der Waals surface area contributed by atoms with Gasteiger partial charge in [0.15, 0.2) is 0 Å². The first kappa shape index (κ1) is 8.88. The van der Waals surface area contributed by atoms with Crippen molar-refractivity contribution < 1.29 is 0 Å². The second kappa shape index (κ2) is 4.01. The lowest BCUT2D eigenvalue weighted by molar-refractivity contribution is 0.249. The van der Waals surface area contributed by atoms with Gasteiger partial charge in [0.05, 0.1) is 6.67 Å². The Morgan fingerprint density at radius 3 is 2.92 bits per heavy atom. The highest BCUT2D eigenvalue weighted by molar-refractivity contribution is 4.91. The molecule has 0 bridgehead atoms. The second-order valence-electron chi connectivity index (χ2n) is 4.11. The van der Waals surface area contributed by atoms with Gasteiger partial charge in [-0.15, -0.1) is 0 Å². The van der Waals surface area contributed by atoms with Crippen molar-refractivity contribution in [1.29, 1.82) is 0 Å². The van der Waals surface area contributed by atoms with E-state index in [4.69, 9.17) is 0 Å². The highest BCUT2D eigenvalue weighted by atomic mass is 15.3. The van der Waals surface area contributed by atoms with Crippen LogP contribution in [0.1, 0.15) is 19.3 Å². The van der Waals surface area contributed by atoms with Crippen LogP contribution in [0.3, 0.4) is 0 Å². The Morgan fingerprint density at radius 2 is 2.31 bits per heavy atom. The molecule has 0 saturated carbocycles. The Hall–Kier alpha value is -0.700. The van der Waals surface area contributed by atoms with E-state index in [9.17, 15) is 0 Å². The lowest BCUT2D eigenvalue weighted by Gasteiger charge is -2.28. The Balaban J connectivity index is 1.74. The lowest BCUT2D eigenvalue weighted by Crippen LogP contribution is -2.42. The minimum atomic E-state index is 0.713. The first-order chi connectivity index (χ1) is 6.34. The van der Waals surface area contributed by atoms with Gasteiger partial charge in [-0.05, 0) is 19.4 Å². The summed E-state index contributed by atoms with van der Waals surface area (Å²) < 4.78 is 0. The molecule has 1 N–H and O–H groups in total. The van der Waals surface area contributed by atoms with E-state index in [1.807, 2.05) is 0 Å². The van der Waals surface area contributed by atoms with E-state index in [1.54, 1.807) is 0 Å². The summed E-state index contributed by atoms with van der Waals surface area (Å²) in [4.78, 5) is 4.59. The lowest BCUT2D eigenvalue weighted by atomic mass is 10.1. The molecule has 74 valence electrons. The van der Waals surface area contributed by atoms with Gasteiger partial charge >= 0.3 is 0 Å². The van der Waals surface area contributed by atoms with Crippen LogP contribution in [0, 0.1) is 0 Å². The predicted octanol–water partition coefficient (Wildman–Crippen LogP) is 0.805. The Kier molecular flexibility index (Phi) is 2.74. The summed E-state index contributed by atoms with van der Waals surface area (Å²) in [5, 5.41) is 3.57. The number of nitrogens with one attached hydrogen (secondary N) is 1. The van der Waals surface area contributed by atoms with E-state index < -0.39 is 0 Å². The highest BCUT2D eigenvalue weighted by Gasteiger charge is 2.16. The van der Waals surface area contributed by atoms with Crippen molar-refractivity contribution >= 4 is 0 Å². The van der Waals surface area contributed by atoms with Gasteiger partial charge in [0.1, 0.15) is 0 Å². The van der Waals surface area contributed by atoms with Crippen molar-refractivity contribution in [3.05, 3.63) is 12.4 Å².